The van der Waals surface area contributed by atoms with E-state index in [1.165, 1.54) is 64.2 Å². The number of hydrogen-bond donors (Lipinski definition) is 1. The van der Waals surface area contributed by atoms with E-state index in [0.717, 1.165) is 12.8 Å². The molecule has 0 atom stereocenters. The summed E-state index contributed by atoms with van der Waals surface area (Å²) < 4.78 is 0. The Kier molecular flexibility index (Phi) is 22.7. The molecule has 4 heteroatoms. The number of nitrogens with two attached hydrogens (primary N) is 1. The lowest BCUT2D eigenvalue weighted by Gasteiger charge is -2.01. The zero-order valence-electron chi connectivity index (χ0n) is 14.2. The molecule has 21 heavy (non-hydrogen) atoms. The highest BCUT2D eigenvalue weighted by Crippen LogP contribution is 2.11. The van der Waals surface area contributed by atoms with Crippen molar-refractivity contribution >= 4 is 5.91 Å². The molecule has 126 valence electrons. The number of hydrogen-bond acceptors (Lipinski definition) is 3. The summed E-state index contributed by atoms with van der Waals surface area (Å²) in [7, 11) is 0. The first-order chi connectivity index (χ1) is 10.2. The molecule has 4 nitrogen and oxygen atoms in total. The molecule has 0 aromatic rings. The second kappa shape index (κ2) is 21.4. The fraction of sp³-hybridized carbons (Fsp3) is 0.941. The molecular weight excluding hydrogens is 264 g/mol. The molecule has 0 saturated heterocycles. The Morgan fingerprint density at radius 3 is 1.48 bits per heavy atom. The minimum atomic E-state index is -0.157. The number of primary amides is 1. The highest BCUT2D eigenvalue weighted by molar-refractivity contribution is 5.73. The molecule has 0 bridgehead atoms. The molecule has 0 unspecified atom stereocenters. The average Bonchev–Trinajstić information content (AvgIpc) is 2.46. The summed E-state index contributed by atoms with van der Waals surface area (Å²) in [6.07, 6.45) is 15.9. The third-order valence-corrected chi connectivity index (χ3v) is 3.34. The van der Waals surface area contributed by atoms with Crippen LogP contribution in [-0.4, -0.2) is 12.5 Å². The number of amides is 1. The number of carbonyl (C=O) groups is 1. The first kappa shape index (κ1) is 22.4. The van der Waals surface area contributed by atoms with Crippen molar-refractivity contribution < 1.29 is 4.79 Å². The highest BCUT2D eigenvalue weighted by Gasteiger charge is 1.95. The normalized spacial score (nSPS) is 9.81. The van der Waals surface area contributed by atoms with E-state index in [1.54, 1.807) is 0 Å². The third kappa shape index (κ3) is 28.1. The Labute approximate surface area is 131 Å². The molecule has 0 radical (unpaired) electrons. The molecule has 0 spiro atoms. The molecule has 0 aromatic heterocycles. The lowest BCUT2D eigenvalue weighted by Crippen LogP contribution is -2.09. The molecule has 0 aliphatic carbocycles. The van der Waals surface area contributed by atoms with Gasteiger partial charge in [-0.3, -0.25) is 4.79 Å². The number of nitroso groups, excluding NO2 is 1. The summed E-state index contributed by atoms with van der Waals surface area (Å²) in [4.78, 5) is 19.6. The maximum absolute atomic E-state index is 10.5. The Bertz CT molecular complexity index is 221. The molecule has 2 N–H and O–H groups in total. The molecule has 0 aromatic carbocycles. The van der Waals surface area contributed by atoms with E-state index in [9.17, 15) is 4.79 Å². The number of nitrogens with zero attached hydrogens (tertiary/aromatic N) is 1. The van der Waals surface area contributed by atoms with E-state index in [4.69, 9.17) is 10.6 Å². The number of rotatable bonds is 14. The predicted molar refractivity (Wildman–Crippen MR) is 91.2 cm³/mol. The lowest BCUT2D eigenvalue weighted by molar-refractivity contribution is -0.118. The van der Waals surface area contributed by atoms with Gasteiger partial charge >= 0.3 is 0 Å². The van der Waals surface area contributed by atoms with Gasteiger partial charge in [-0.1, -0.05) is 83.2 Å². The Morgan fingerprint density at radius 1 is 0.762 bits per heavy atom. The molecule has 0 saturated carbocycles. The van der Waals surface area contributed by atoms with E-state index < -0.39 is 0 Å². The monoisotopic (exact) mass is 300 g/mol. The van der Waals surface area contributed by atoms with Gasteiger partial charge < -0.3 is 5.73 Å². The van der Waals surface area contributed by atoms with Crippen molar-refractivity contribution in [1.29, 1.82) is 0 Å². The van der Waals surface area contributed by atoms with Gasteiger partial charge in [0.05, 0.1) is 6.54 Å². The van der Waals surface area contributed by atoms with Crippen LogP contribution in [-0.2, 0) is 4.79 Å². The first-order valence-electron chi connectivity index (χ1n) is 8.76. The fourth-order valence-corrected chi connectivity index (χ4v) is 2.05. The maximum Gasteiger partial charge on any atom is 0.217 e. The lowest BCUT2D eigenvalue weighted by atomic mass is 10.1. The molecular formula is C17H36N2O2. The van der Waals surface area contributed by atoms with Gasteiger partial charge in [-0.25, -0.2) is 0 Å². The summed E-state index contributed by atoms with van der Waals surface area (Å²) in [5.74, 6) is -0.157. The zero-order valence-corrected chi connectivity index (χ0v) is 14.2. The SMILES string of the molecule is CCCCCCCCCCCCCC(N)=O.CCCN=O. The van der Waals surface area contributed by atoms with Crippen LogP contribution in [0.1, 0.15) is 97.3 Å². The van der Waals surface area contributed by atoms with E-state index in [1.807, 2.05) is 6.92 Å². The van der Waals surface area contributed by atoms with Crippen LogP contribution in [0.2, 0.25) is 0 Å². The fourth-order valence-electron chi connectivity index (χ4n) is 2.05. The van der Waals surface area contributed by atoms with Gasteiger partial charge in [0, 0.05) is 6.42 Å². The van der Waals surface area contributed by atoms with Crippen LogP contribution in [0.15, 0.2) is 5.18 Å². The van der Waals surface area contributed by atoms with Crippen LogP contribution in [0.4, 0.5) is 0 Å². The Balaban J connectivity index is 0. The zero-order chi connectivity index (χ0) is 16.2. The van der Waals surface area contributed by atoms with E-state index in [2.05, 4.69) is 12.1 Å². The third-order valence-electron chi connectivity index (χ3n) is 3.34. The van der Waals surface area contributed by atoms with Gasteiger partial charge in [0.15, 0.2) is 0 Å². The van der Waals surface area contributed by atoms with Gasteiger partial charge in [-0.15, -0.1) is 0 Å². The second-order valence-corrected chi connectivity index (χ2v) is 5.60. The van der Waals surface area contributed by atoms with Gasteiger partial charge in [0.1, 0.15) is 0 Å². The first-order valence-corrected chi connectivity index (χ1v) is 8.76. The van der Waals surface area contributed by atoms with Crippen LogP contribution in [0, 0.1) is 4.91 Å². The predicted octanol–water partition coefficient (Wildman–Crippen LogP) is 5.34. The molecule has 0 aliphatic rings. The summed E-state index contributed by atoms with van der Waals surface area (Å²) in [6, 6.07) is 0. The van der Waals surface area contributed by atoms with Crippen LogP contribution in [0.25, 0.3) is 0 Å². The second-order valence-electron chi connectivity index (χ2n) is 5.60. The molecule has 0 aliphatic heterocycles. The van der Waals surface area contributed by atoms with Crippen LogP contribution in [0.3, 0.4) is 0 Å². The van der Waals surface area contributed by atoms with E-state index in [-0.39, 0.29) is 5.91 Å². The highest BCUT2D eigenvalue weighted by atomic mass is 16.3. The van der Waals surface area contributed by atoms with E-state index >= 15 is 0 Å². The molecule has 1 amide bonds. The quantitative estimate of drug-likeness (QED) is 0.347. The van der Waals surface area contributed by atoms with Crippen molar-refractivity contribution in [2.24, 2.45) is 10.9 Å². The number of carbonyl (C=O) groups excluding carboxylic acids is 1. The maximum atomic E-state index is 10.5. The summed E-state index contributed by atoms with van der Waals surface area (Å²) in [6.45, 7) is 4.63. The summed E-state index contributed by atoms with van der Waals surface area (Å²) >= 11 is 0. The van der Waals surface area contributed by atoms with Gasteiger partial charge in [-0.2, -0.15) is 4.91 Å². The van der Waals surface area contributed by atoms with Crippen molar-refractivity contribution in [2.45, 2.75) is 97.3 Å². The van der Waals surface area contributed by atoms with Gasteiger partial charge in [0.2, 0.25) is 5.91 Å². The standard InChI is InChI=1S/C14H29NO.C3H7NO/c1-2-3-4-5-6-7-8-9-10-11-12-13-14(15)16;1-2-3-4-5/h2-13H2,1H3,(H2,15,16);2-3H2,1H3. The van der Waals surface area contributed by atoms with Crippen LogP contribution in [0.5, 0.6) is 0 Å². The minimum absolute atomic E-state index is 0.157. The van der Waals surface area contributed by atoms with Crippen LogP contribution >= 0.6 is 0 Å². The van der Waals surface area contributed by atoms with Crippen molar-refractivity contribution in [3.05, 3.63) is 4.91 Å². The van der Waals surface area contributed by atoms with Crippen molar-refractivity contribution in [2.75, 3.05) is 6.54 Å². The van der Waals surface area contributed by atoms with E-state index in [0.29, 0.717) is 13.0 Å². The molecule has 0 heterocycles. The summed E-state index contributed by atoms with van der Waals surface area (Å²) in [5, 5.41) is 2.60. The van der Waals surface area contributed by atoms with Crippen molar-refractivity contribution in [3.8, 4) is 0 Å². The van der Waals surface area contributed by atoms with Gasteiger partial charge in [0.25, 0.3) is 0 Å². The Hall–Kier alpha value is -0.930. The molecule has 0 rings (SSSR count). The average molecular weight is 300 g/mol. The van der Waals surface area contributed by atoms with Crippen molar-refractivity contribution in [1.82, 2.24) is 0 Å². The Morgan fingerprint density at radius 2 is 1.19 bits per heavy atom. The van der Waals surface area contributed by atoms with Crippen LogP contribution < -0.4 is 5.73 Å². The van der Waals surface area contributed by atoms with Gasteiger partial charge in [-0.05, 0) is 12.8 Å². The van der Waals surface area contributed by atoms with Crippen molar-refractivity contribution in [3.63, 3.8) is 0 Å². The topological polar surface area (TPSA) is 72.5 Å². The summed E-state index contributed by atoms with van der Waals surface area (Å²) in [5.41, 5.74) is 5.07. The minimum Gasteiger partial charge on any atom is -0.370 e. The molecule has 0 fully saturated rings. The smallest absolute Gasteiger partial charge is 0.217 e. The number of unbranched alkanes of at least 4 members (excludes halogenated alkanes) is 10. The largest absolute Gasteiger partial charge is 0.370 e.